The fourth-order valence-electron chi connectivity index (χ4n) is 3.48. The molecular formula is C20H33Cl2N3OSi. The van der Waals surface area contributed by atoms with Gasteiger partial charge in [-0.25, -0.2) is 0 Å². The van der Waals surface area contributed by atoms with Crippen molar-refractivity contribution in [3.8, 4) is 0 Å². The summed E-state index contributed by atoms with van der Waals surface area (Å²) < 4.78 is 0. The number of carbonyl (C=O) groups excluding carboxylic acids is 1. The number of carbonyl (C=O) groups is 1. The van der Waals surface area contributed by atoms with Crippen LogP contribution >= 0.6 is 24.8 Å². The van der Waals surface area contributed by atoms with E-state index < -0.39 is 8.07 Å². The minimum Gasteiger partial charge on any atom is -0.324 e. The monoisotopic (exact) mass is 429 g/mol. The van der Waals surface area contributed by atoms with Gasteiger partial charge in [-0.1, -0.05) is 51.0 Å². The first-order chi connectivity index (χ1) is 12.1. The molecule has 152 valence electrons. The average Bonchev–Trinajstić information content (AvgIpc) is 2.65. The lowest BCUT2D eigenvalue weighted by molar-refractivity contribution is -0.115. The second-order valence-corrected chi connectivity index (χ2v) is 12.4. The van der Waals surface area contributed by atoms with Crippen molar-refractivity contribution in [1.82, 2.24) is 10.3 Å². The van der Waals surface area contributed by atoms with E-state index >= 15 is 0 Å². The fourth-order valence-corrected chi connectivity index (χ4v) is 6.96. The van der Waals surface area contributed by atoms with E-state index in [1.165, 1.54) is 30.6 Å². The number of hydrogen-bond acceptors (Lipinski definition) is 3. The molecule has 7 heteroatoms. The van der Waals surface area contributed by atoms with Crippen LogP contribution in [-0.4, -0.2) is 32.1 Å². The van der Waals surface area contributed by atoms with E-state index in [-0.39, 0.29) is 30.7 Å². The number of aromatic nitrogens is 1. The maximum absolute atomic E-state index is 12.2. The third kappa shape index (κ3) is 7.41. The smallest absolute Gasteiger partial charge is 0.238 e. The quantitative estimate of drug-likeness (QED) is 0.386. The van der Waals surface area contributed by atoms with Crippen molar-refractivity contribution >= 4 is 55.4 Å². The molecule has 2 aromatic rings. The minimum atomic E-state index is -1.03. The van der Waals surface area contributed by atoms with E-state index in [4.69, 9.17) is 0 Å². The van der Waals surface area contributed by atoms with Gasteiger partial charge >= 0.3 is 0 Å². The zero-order valence-corrected chi connectivity index (χ0v) is 19.2. The van der Waals surface area contributed by atoms with Gasteiger partial charge in [0.15, 0.2) is 0 Å². The zero-order valence-electron chi connectivity index (χ0n) is 16.6. The van der Waals surface area contributed by atoms with Gasteiger partial charge in [0.2, 0.25) is 5.91 Å². The van der Waals surface area contributed by atoms with Crippen LogP contribution < -0.4 is 10.6 Å². The van der Waals surface area contributed by atoms with Crippen molar-refractivity contribution in [2.75, 3.05) is 18.4 Å². The molecule has 0 bridgehead atoms. The number of rotatable bonds is 10. The van der Waals surface area contributed by atoms with Gasteiger partial charge in [0.05, 0.1) is 25.8 Å². The van der Waals surface area contributed by atoms with Crippen LogP contribution in [0.1, 0.15) is 27.2 Å². The molecule has 0 atom stereocenters. The lowest BCUT2D eigenvalue weighted by Crippen LogP contribution is -2.33. The number of hydrogen-bond donors (Lipinski definition) is 2. The first-order valence-electron chi connectivity index (χ1n) is 9.48. The van der Waals surface area contributed by atoms with E-state index in [9.17, 15) is 4.79 Å². The molecule has 4 nitrogen and oxygen atoms in total. The molecular weight excluding hydrogens is 397 g/mol. The number of benzene rings is 1. The molecule has 1 amide bonds. The number of fused-ring (bicyclic) bond motifs is 1. The topological polar surface area (TPSA) is 54.0 Å². The summed E-state index contributed by atoms with van der Waals surface area (Å²) in [5, 5.41) is 7.26. The highest BCUT2D eigenvalue weighted by atomic mass is 35.5. The molecule has 0 spiro atoms. The molecule has 0 saturated carbocycles. The molecule has 0 unspecified atom stereocenters. The van der Waals surface area contributed by atoms with Gasteiger partial charge < -0.3 is 10.6 Å². The van der Waals surface area contributed by atoms with Crippen molar-refractivity contribution in [3.05, 3.63) is 36.5 Å². The predicted molar refractivity (Wildman–Crippen MR) is 124 cm³/mol. The van der Waals surface area contributed by atoms with Crippen LogP contribution in [0.4, 0.5) is 5.69 Å². The van der Waals surface area contributed by atoms with Crippen molar-refractivity contribution in [3.63, 3.8) is 0 Å². The van der Waals surface area contributed by atoms with Crippen LogP contribution in [0.2, 0.25) is 24.2 Å². The molecule has 0 fully saturated rings. The largest absolute Gasteiger partial charge is 0.324 e. The number of anilines is 1. The SMILES string of the molecule is CC[Si](CC)(CC)CCCNCC(=O)Nc1cccc2ncccc12.Cl.Cl. The maximum Gasteiger partial charge on any atom is 0.238 e. The second kappa shape index (κ2) is 13.1. The van der Waals surface area contributed by atoms with Gasteiger partial charge in [0.1, 0.15) is 0 Å². The number of nitrogens with one attached hydrogen (secondary N) is 2. The highest BCUT2D eigenvalue weighted by Gasteiger charge is 2.25. The highest BCUT2D eigenvalue weighted by Crippen LogP contribution is 2.26. The fraction of sp³-hybridized carbons (Fsp3) is 0.500. The Morgan fingerprint density at radius 3 is 2.41 bits per heavy atom. The van der Waals surface area contributed by atoms with Gasteiger partial charge in [-0.2, -0.15) is 0 Å². The summed E-state index contributed by atoms with van der Waals surface area (Å²) in [7, 11) is -1.03. The summed E-state index contributed by atoms with van der Waals surface area (Å²) in [5.74, 6) is 0.00124. The third-order valence-corrected chi connectivity index (χ3v) is 11.4. The molecule has 0 saturated heterocycles. The lowest BCUT2D eigenvalue weighted by atomic mass is 10.2. The molecule has 2 N–H and O–H groups in total. The Morgan fingerprint density at radius 1 is 1.04 bits per heavy atom. The Kier molecular flexibility index (Phi) is 12.5. The molecule has 0 aliphatic carbocycles. The van der Waals surface area contributed by atoms with Crippen molar-refractivity contribution in [2.24, 2.45) is 0 Å². The van der Waals surface area contributed by atoms with Crippen LogP contribution in [0.25, 0.3) is 10.9 Å². The van der Waals surface area contributed by atoms with Crippen LogP contribution in [0.15, 0.2) is 36.5 Å². The standard InChI is InChI=1S/C20H31N3OSi.2ClH/c1-4-25(5-2,6-3)15-9-13-21-16-20(24)23-19-12-7-11-18-17(19)10-8-14-22-18;;/h7-8,10-12,14,21H,4-6,9,13,15-16H2,1-3H3,(H,23,24);2*1H. The number of nitrogens with zero attached hydrogens (tertiary/aromatic N) is 1. The summed E-state index contributed by atoms with van der Waals surface area (Å²) in [4.78, 5) is 16.5. The first-order valence-corrected chi connectivity index (χ1v) is 12.3. The summed E-state index contributed by atoms with van der Waals surface area (Å²) in [6.45, 7) is 8.31. The normalized spacial score (nSPS) is 10.8. The number of amides is 1. The highest BCUT2D eigenvalue weighted by molar-refractivity contribution is 6.79. The van der Waals surface area contributed by atoms with E-state index in [2.05, 4.69) is 36.4 Å². The molecule has 2 rings (SSSR count). The van der Waals surface area contributed by atoms with Gasteiger partial charge in [0.25, 0.3) is 0 Å². The summed E-state index contributed by atoms with van der Waals surface area (Å²) >= 11 is 0. The van der Waals surface area contributed by atoms with Gasteiger partial charge in [-0.3, -0.25) is 9.78 Å². The lowest BCUT2D eigenvalue weighted by Gasteiger charge is -2.28. The van der Waals surface area contributed by atoms with Gasteiger partial charge in [-0.15, -0.1) is 24.8 Å². The Balaban J connectivity index is 0.00000338. The van der Waals surface area contributed by atoms with E-state index in [1.54, 1.807) is 6.20 Å². The third-order valence-electron chi connectivity index (χ3n) is 5.52. The van der Waals surface area contributed by atoms with Crippen LogP contribution in [0, 0.1) is 0 Å². The van der Waals surface area contributed by atoms with Crippen molar-refractivity contribution in [1.29, 1.82) is 0 Å². The maximum atomic E-state index is 12.2. The first kappa shape index (κ1) is 25.9. The zero-order chi connectivity index (χ0) is 18.1. The summed E-state index contributed by atoms with van der Waals surface area (Å²) in [6, 6.07) is 15.1. The molecule has 1 aromatic carbocycles. The minimum absolute atomic E-state index is 0. The molecule has 27 heavy (non-hydrogen) atoms. The van der Waals surface area contributed by atoms with E-state index in [0.717, 1.165) is 23.1 Å². The van der Waals surface area contributed by atoms with E-state index in [1.807, 2.05) is 30.3 Å². The van der Waals surface area contributed by atoms with Crippen LogP contribution in [0.3, 0.4) is 0 Å². The average molecular weight is 430 g/mol. The van der Waals surface area contributed by atoms with Gasteiger partial charge in [-0.05, 0) is 37.2 Å². The van der Waals surface area contributed by atoms with Crippen LogP contribution in [-0.2, 0) is 4.79 Å². The van der Waals surface area contributed by atoms with Crippen LogP contribution in [0.5, 0.6) is 0 Å². The molecule has 0 aliphatic rings. The molecule has 0 aliphatic heterocycles. The second-order valence-electron chi connectivity index (χ2n) is 6.76. The number of pyridine rings is 1. The van der Waals surface area contributed by atoms with Crippen molar-refractivity contribution < 1.29 is 4.79 Å². The predicted octanol–water partition coefficient (Wildman–Crippen LogP) is 5.51. The Labute approximate surface area is 176 Å². The summed E-state index contributed by atoms with van der Waals surface area (Å²) in [6.07, 6.45) is 2.94. The summed E-state index contributed by atoms with van der Waals surface area (Å²) in [5.41, 5.74) is 1.72. The molecule has 1 aromatic heterocycles. The Hall–Kier alpha value is -1.14. The number of halogens is 2. The van der Waals surface area contributed by atoms with E-state index in [0.29, 0.717) is 6.54 Å². The Bertz CT molecular complexity index is 682. The molecule has 0 radical (unpaired) electrons. The Morgan fingerprint density at radius 2 is 1.74 bits per heavy atom. The van der Waals surface area contributed by atoms with Gasteiger partial charge in [0, 0.05) is 11.6 Å². The van der Waals surface area contributed by atoms with Crippen molar-refractivity contribution in [2.45, 2.75) is 51.4 Å². The molecule has 1 heterocycles.